The number of carbonyl (C=O) groups excluding carboxylic acids is 1. The maximum Gasteiger partial charge on any atom is 0.272 e. The van der Waals surface area contributed by atoms with Crippen LogP contribution in [0.15, 0.2) is 24.3 Å². The number of aromatic nitrogens is 2. The van der Waals surface area contributed by atoms with Crippen LogP contribution in [-0.2, 0) is 29.0 Å². The first kappa shape index (κ1) is 22.8. The molecule has 4 rings (SSSR count). The lowest BCUT2D eigenvalue weighted by Crippen LogP contribution is -2.47. The first-order valence-electron chi connectivity index (χ1n) is 11.6. The van der Waals surface area contributed by atoms with Crippen LogP contribution < -0.4 is 10.2 Å². The predicted octanol–water partition coefficient (Wildman–Crippen LogP) is 1.85. The van der Waals surface area contributed by atoms with Crippen LogP contribution in [0.5, 0.6) is 0 Å². The van der Waals surface area contributed by atoms with Gasteiger partial charge in [0.1, 0.15) is 0 Å². The van der Waals surface area contributed by atoms with Gasteiger partial charge in [0.15, 0.2) is 5.69 Å². The van der Waals surface area contributed by atoms with Crippen LogP contribution >= 0.6 is 0 Å². The second-order valence-electron chi connectivity index (χ2n) is 8.52. The number of hydrogen-bond acceptors (Lipinski definition) is 6. The maximum absolute atomic E-state index is 12.8. The van der Waals surface area contributed by atoms with E-state index in [0.717, 1.165) is 56.8 Å². The molecular formula is C24H35N5O3. The van der Waals surface area contributed by atoms with Crippen LogP contribution in [0.2, 0.25) is 0 Å². The topological polar surface area (TPSA) is 71.9 Å². The SMILES string of the molecule is COCCn1nc(C(=O)NCCCN2CCN(c3ccccc3C)CC2)c2c1CCOC2. The van der Waals surface area contributed by atoms with E-state index in [0.29, 0.717) is 38.6 Å². The van der Waals surface area contributed by atoms with Gasteiger partial charge in [-0.05, 0) is 31.5 Å². The Hall–Kier alpha value is -2.42. The van der Waals surface area contributed by atoms with Crippen molar-refractivity contribution >= 4 is 11.6 Å². The van der Waals surface area contributed by atoms with E-state index in [1.54, 1.807) is 7.11 Å². The molecule has 2 aliphatic heterocycles. The van der Waals surface area contributed by atoms with Gasteiger partial charge in [0, 0.05) is 63.2 Å². The highest BCUT2D eigenvalue weighted by atomic mass is 16.5. The zero-order valence-electron chi connectivity index (χ0n) is 19.3. The Morgan fingerprint density at radius 1 is 1.19 bits per heavy atom. The Balaban J connectivity index is 1.22. The lowest BCUT2D eigenvalue weighted by atomic mass is 10.1. The van der Waals surface area contributed by atoms with Gasteiger partial charge in [-0.25, -0.2) is 0 Å². The van der Waals surface area contributed by atoms with Gasteiger partial charge in [-0.1, -0.05) is 18.2 Å². The predicted molar refractivity (Wildman–Crippen MR) is 124 cm³/mol. The Bertz CT molecular complexity index is 905. The summed E-state index contributed by atoms with van der Waals surface area (Å²) in [5, 5.41) is 7.63. The van der Waals surface area contributed by atoms with Gasteiger partial charge in [0.25, 0.3) is 5.91 Å². The smallest absolute Gasteiger partial charge is 0.272 e. The Labute approximate surface area is 190 Å². The van der Waals surface area contributed by atoms with E-state index in [4.69, 9.17) is 9.47 Å². The molecule has 0 radical (unpaired) electrons. The van der Waals surface area contributed by atoms with E-state index >= 15 is 0 Å². The molecule has 1 N–H and O–H groups in total. The van der Waals surface area contributed by atoms with E-state index in [-0.39, 0.29) is 5.91 Å². The summed E-state index contributed by atoms with van der Waals surface area (Å²) in [7, 11) is 1.68. The van der Waals surface area contributed by atoms with Crippen molar-refractivity contribution < 1.29 is 14.3 Å². The summed E-state index contributed by atoms with van der Waals surface area (Å²) in [6, 6.07) is 8.59. The average molecular weight is 442 g/mol. The Morgan fingerprint density at radius 3 is 2.78 bits per heavy atom. The van der Waals surface area contributed by atoms with E-state index in [1.807, 2.05) is 4.68 Å². The molecule has 8 heteroatoms. The number of anilines is 1. The number of benzene rings is 1. The van der Waals surface area contributed by atoms with Crippen molar-refractivity contribution in [2.45, 2.75) is 32.9 Å². The molecule has 1 aromatic heterocycles. The van der Waals surface area contributed by atoms with E-state index in [2.05, 4.69) is 51.4 Å². The highest BCUT2D eigenvalue weighted by molar-refractivity contribution is 5.94. The number of rotatable bonds is 9. The number of nitrogens with zero attached hydrogens (tertiary/aromatic N) is 4. The van der Waals surface area contributed by atoms with Gasteiger partial charge in [-0.3, -0.25) is 14.4 Å². The van der Waals surface area contributed by atoms with E-state index < -0.39 is 0 Å². The molecule has 1 saturated heterocycles. The van der Waals surface area contributed by atoms with Crippen LogP contribution in [0.3, 0.4) is 0 Å². The number of piperazine rings is 1. The normalized spacial score (nSPS) is 16.8. The fourth-order valence-corrected chi connectivity index (χ4v) is 4.57. The van der Waals surface area contributed by atoms with E-state index in [1.165, 1.54) is 11.3 Å². The molecule has 1 aromatic carbocycles. The average Bonchev–Trinajstić information content (AvgIpc) is 3.20. The van der Waals surface area contributed by atoms with Gasteiger partial charge in [-0.2, -0.15) is 5.10 Å². The first-order chi connectivity index (χ1) is 15.7. The molecule has 8 nitrogen and oxygen atoms in total. The summed E-state index contributed by atoms with van der Waals surface area (Å²) in [4.78, 5) is 17.7. The number of ether oxygens (including phenoxy) is 2. The Morgan fingerprint density at radius 2 is 2.00 bits per heavy atom. The van der Waals surface area contributed by atoms with Crippen molar-refractivity contribution in [2.75, 3.05) is 64.5 Å². The molecule has 1 amide bonds. The molecule has 0 unspecified atom stereocenters. The summed E-state index contributed by atoms with van der Waals surface area (Å²) in [6.45, 7) is 10.4. The standard InChI is InChI=1S/C24H35N5O3/c1-19-6-3-4-7-21(19)28-13-11-27(12-14-28)10-5-9-25-24(30)23-20-18-32-16-8-22(20)29(26-23)15-17-31-2/h3-4,6-7H,5,8-18H2,1-2H3,(H,25,30). The van der Waals surface area contributed by atoms with Gasteiger partial charge in [0.2, 0.25) is 0 Å². The van der Waals surface area contributed by atoms with E-state index in [9.17, 15) is 4.79 Å². The lowest BCUT2D eigenvalue weighted by molar-refractivity contribution is 0.0923. The number of amides is 1. The molecule has 2 aliphatic rings. The van der Waals surface area contributed by atoms with Crippen molar-refractivity contribution in [3.05, 3.63) is 46.8 Å². The number of fused-ring (bicyclic) bond motifs is 1. The van der Waals surface area contributed by atoms with Gasteiger partial charge < -0.3 is 19.7 Å². The summed E-state index contributed by atoms with van der Waals surface area (Å²) in [6.07, 6.45) is 1.72. The molecular weight excluding hydrogens is 406 g/mol. The molecule has 1 fully saturated rings. The second kappa shape index (κ2) is 10.9. The third-order valence-corrected chi connectivity index (χ3v) is 6.38. The Kier molecular flexibility index (Phi) is 7.78. The number of nitrogens with one attached hydrogen (secondary N) is 1. The van der Waals surface area contributed by atoms with Gasteiger partial charge in [0.05, 0.1) is 26.4 Å². The van der Waals surface area contributed by atoms with Crippen molar-refractivity contribution in [1.29, 1.82) is 0 Å². The van der Waals surface area contributed by atoms with Crippen LogP contribution in [0.1, 0.15) is 33.7 Å². The van der Waals surface area contributed by atoms with Gasteiger partial charge in [-0.15, -0.1) is 0 Å². The third kappa shape index (κ3) is 5.31. The highest BCUT2D eigenvalue weighted by Gasteiger charge is 2.25. The fourth-order valence-electron chi connectivity index (χ4n) is 4.57. The molecule has 0 bridgehead atoms. The van der Waals surface area contributed by atoms with Crippen LogP contribution in [-0.4, -0.2) is 80.2 Å². The van der Waals surface area contributed by atoms with Crippen molar-refractivity contribution in [3.8, 4) is 0 Å². The largest absolute Gasteiger partial charge is 0.383 e. The monoisotopic (exact) mass is 441 g/mol. The number of carbonyl (C=O) groups is 1. The first-order valence-corrected chi connectivity index (χ1v) is 11.6. The number of aryl methyl sites for hydroxylation is 1. The molecule has 174 valence electrons. The lowest BCUT2D eigenvalue weighted by Gasteiger charge is -2.36. The summed E-state index contributed by atoms with van der Waals surface area (Å²) in [5.74, 6) is -0.104. The molecule has 2 aromatic rings. The minimum atomic E-state index is -0.104. The number of para-hydroxylation sites is 1. The van der Waals surface area contributed by atoms with Crippen LogP contribution in [0, 0.1) is 6.92 Å². The minimum absolute atomic E-state index is 0.104. The molecule has 0 saturated carbocycles. The fraction of sp³-hybridized carbons (Fsp3) is 0.583. The number of hydrogen-bond donors (Lipinski definition) is 1. The van der Waals surface area contributed by atoms with Crippen molar-refractivity contribution in [2.24, 2.45) is 0 Å². The van der Waals surface area contributed by atoms with Gasteiger partial charge >= 0.3 is 0 Å². The second-order valence-corrected chi connectivity index (χ2v) is 8.52. The zero-order valence-corrected chi connectivity index (χ0v) is 19.3. The quantitative estimate of drug-likeness (QED) is 0.599. The van der Waals surface area contributed by atoms with Crippen molar-refractivity contribution in [1.82, 2.24) is 20.0 Å². The molecule has 32 heavy (non-hydrogen) atoms. The van der Waals surface area contributed by atoms with Crippen LogP contribution in [0.4, 0.5) is 5.69 Å². The minimum Gasteiger partial charge on any atom is -0.383 e. The van der Waals surface area contributed by atoms with Crippen molar-refractivity contribution in [3.63, 3.8) is 0 Å². The zero-order chi connectivity index (χ0) is 22.3. The molecule has 3 heterocycles. The summed E-state index contributed by atoms with van der Waals surface area (Å²) < 4.78 is 12.7. The molecule has 0 aliphatic carbocycles. The van der Waals surface area contributed by atoms with Crippen LogP contribution in [0.25, 0.3) is 0 Å². The molecule has 0 spiro atoms. The number of methoxy groups -OCH3 is 1. The third-order valence-electron chi connectivity index (χ3n) is 6.38. The highest BCUT2D eigenvalue weighted by Crippen LogP contribution is 2.22. The summed E-state index contributed by atoms with van der Waals surface area (Å²) in [5.41, 5.74) is 5.21. The summed E-state index contributed by atoms with van der Waals surface area (Å²) >= 11 is 0. The molecule has 0 atom stereocenters. The maximum atomic E-state index is 12.8.